The van der Waals surface area contributed by atoms with E-state index in [-0.39, 0.29) is 12.3 Å². The zero-order chi connectivity index (χ0) is 25.1. The first kappa shape index (κ1) is 23.5. The molecule has 36 heavy (non-hydrogen) atoms. The average molecular weight is 492 g/mol. The fourth-order valence-electron chi connectivity index (χ4n) is 4.43. The highest BCUT2D eigenvalue weighted by atomic mass is 19.1. The summed E-state index contributed by atoms with van der Waals surface area (Å²) in [4.78, 5) is 20.2. The number of fused-ring (bicyclic) bond motifs is 2. The SMILES string of the molecule is COc1ncc(C(CC(=O)O)n2ncc3cc(OCCc4ccc5c(n4)NCCC5)ccc32)cc1F. The van der Waals surface area contributed by atoms with Crippen molar-refractivity contribution in [2.24, 2.45) is 0 Å². The second kappa shape index (κ2) is 10.2. The number of aryl methyl sites for hydroxylation is 1. The minimum absolute atomic E-state index is 0.151. The lowest BCUT2D eigenvalue weighted by Gasteiger charge is -2.18. The van der Waals surface area contributed by atoms with E-state index in [0.717, 1.165) is 36.3 Å². The largest absolute Gasteiger partial charge is 0.493 e. The zero-order valence-electron chi connectivity index (χ0n) is 19.8. The molecule has 0 spiro atoms. The molecular formula is C26H26FN5O4. The van der Waals surface area contributed by atoms with Crippen LogP contribution in [0.2, 0.25) is 0 Å². The predicted molar refractivity (Wildman–Crippen MR) is 131 cm³/mol. The maximum Gasteiger partial charge on any atom is 0.305 e. The number of carboxylic acid groups (broad SMARTS) is 1. The maximum absolute atomic E-state index is 14.3. The lowest BCUT2D eigenvalue weighted by molar-refractivity contribution is -0.137. The molecule has 4 aromatic rings. The van der Waals surface area contributed by atoms with Gasteiger partial charge in [0.1, 0.15) is 11.6 Å². The third kappa shape index (κ3) is 4.93. The zero-order valence-corrected chi connectivity index (χ0v) is 19.8. The summed E-state index contributed by atoms with van der Waals surface area (Å²) in [6.45, 7) is 1.41. The van der Waals surface area contributed by atoms with Gasteiger partial charge in [-0.2, -0.15) is 5.10 Å². The van der Waals surface area contributed by atoms with Gasteiger partial charge in [-0.05, 0) is 54.3 Å². The maximum atomic E-state index is 14.3. The van der Waals surface area contributed by atoms with Crippen molar-refractivity contribution in [2.45, 2.75) is 31.7 Å². The Kier molecular flexibility index (Phi) is 6.66. The molecule has 5 rings (SSSR count). The standard InChI is InChI=1S/C26H26FN5O4/c1-35-26-21(27)12-18(14-29-26)23(13-24(33)34)32-22-7-6-20(11-17(22)15-30-32)36-10-8-19-5-4-16-3-2-9-28-25(16)31-19/h4-7,11-12,14-15,23H,2-3,8-10,13H2,1H3,(H,28,31)(H,33,34). The lowest BCUT2D eigenvalue weighted by Crippen LogP contribution is -2.17. The Labute approximate surface area is 206 Å². The summed E-state index contributed by atoms with van der Waals surface area (Å²) < 4.78 is 26.7. The molecule has 1 atom stereocenters. The summed E-state index contributed by atoms with van der Waals surface area (Å²) in [6.07, 6.45) is 5.61. The van der Waals surface area contributed by atoms with E-state index < -0.39 is 17.8 Å². The Balaban J connectivity index is 1.32. The van der Waals surface area contributed by atoms with E-state index in [1.54, 1.807) is 10.9 Å². The molecule has 1 aliphatic rings. The first-order valence-electron chi connectivity index (χ1n) is 11.8. The molecule has 1 aliphatic heterocycles. The second-order valence-electron chi connectivity index (χ2n) is 8.62. The topological polar surface area (TPSA) is 111 Å². The first-order chi connectivity index (χ1) is 17.5. The highest BCUT2D eigenvalue weighted by Gasteiger charge is 2.23. The number of nitrogens with one attached hydrogen (secondary N) is 1. The van der Waals surface area contributed by atoms with Gasteiger partial charge in [0.2, 0.25) is 5.88 Å². The molecule has 0 bridgehead atoms. The Morgan fingerprint density at radius 3 is 2.94 bits per heavy atom. The summed E-state index contributed by atoms with van der Waals surface area (Å²) in [5, 5.41) is 18.0. The minimum atomic E-state index is -1.04. The van der Waals surface area contributed by atoms with Gasteiger partial charge in [0, 0.05) is 30.2 Å². The van der Waals surface area contributed by atoms with Crippen LogP contribution in [0.15, 0.2) is 48.8 Å². The van der Waals surface area contributed by atoms with Crippen LogP contribution in [0.4, 0.5) is 10.2 Å². The molecule has 0 amide bonds. The third-order valence-electron chi connectivity index (χ3n) is 6.22. The van der Waals surface area contributed by atoms with Crippen molar-refractivity contribution < 1.29 is 23.8 Å². The van der Waals surface area contributed by atoms with Crippen LogP contribution in [-0.2, 0) is 17.6 Å². The van der Waals surface area contributed by atoms with Gasteiger partial charge < -0.3 is 19.9 Å². The summed E-state index contributed by atoms with van der Waals surface area (Å²) in [5.74, 6) is -0.213. The number of carbonyl (C=O) groups is 1. The third-order valence-corrected chi connectivity index (χ3v) is 6.22. The number of methoxy groups -OCH3 is 1. The summed E-state index contributed by atoms with van der Waals surface area (Å²) >= 11 is 0. The van der Waals surface area contributed by atoms with Crippen molar-refractivity contribution in [2.75, 3.05) is 25.6 Å². The molecule has 1 aromatic carbocycles. The number of halogens is 1. The van der Waals surface area contributed by atoms with Gasteiger partial charge in [-0.25, -0.2) is 14.4 Å². The molecule has 0 fully saturated rings. The minimum Gasteiger partial charge on any atom is -0.493 e. The van der Waals surface area contributed by atoms with Crippen molar-refractivity contribution in [1.82, 2.24) is 19.7 Å². The molecule has 1 unspecified atom stereocenters. The Bertz CT molecular complexity index is 1410. The number of hydrogen-bond donors (Lipinski definition) is 2. The summed E-state index contributed by atoms with van der Waals surface area (Å²) in [5.41, 5.74) is 3.30. The van der Waals surface area contributed by atoms with Crippen LogP contribution in [-0.4, -0.2) is 51.1 Å². The number of ether oxygens (including phenoxy) is 2. The van der Waals surface area contributed by atoms with Crippen molar-refractivity contribution in [3.8, 4) is 11.6 Å². The molecule has 9 nitrogen and oxygen atoms in total. The van der Waals surface area contributed by atoms with E-state index in [9.17, 15) is 14.3 Å². The smallest absolute Gasteiger partial charge is 0.305 e. The van der Waals surface area contributed by atoms with Gasteiger partial charge >= 0.3 is 5.97 Å². The number of aliphatic carboxylic acids is 1. The van der Waals surface area contributed by atoms with Gasteiger partial charge in [0.05, 0.1) is 37.9 Å². The molecule has 10 heteroatoms. The van der Waals surface area contributed by atoms with Crippen LogP contribution in [0.25, 0.3) is 10.9 Å². The number of benzene rings is 1. The summed E-state index contributed by atoms with van der Waals surface area (Å²) in [7, 11) is 1.32. The molecule has 0 saturated heterocycles. The highest BCUT2D eigenvalue weighted by molar-refractivity contribution is 5.81. The number of pyridine rings is 2. The van der Waals surface area contributed by atoms with Crippen LogP contribution in [0.3, 0.4) is 0 Å². The van der Waals surface area contributed by atoms with Gasteiger partial charge in [-0.3, -0.25) is 9.48 Å². The van der Waals surface area contributed by atoms with Crippen molar-refractivity contribution >= 4 is 22.7 Å². The number of nitrogens with zero attached hydrogens (tertiary/aromatic N) is 4. The second-order valence-corrected chi connectivity index (χ2v) is 8.62. The Morgan fingerprint density at radius 1 is 1.25 bits per heavy atom. The van der Waals surface area contributed by atoms with Crippen molar-refractivity contribution in [1.29, 1.82) is 0 Å². The molecule has 186 valence electrons. The van der Waals surface area contributed by atoms with Crippen LogP contribution >= 0.6 is 0 Å². The fourth-order valence-corrected chi connectivity index (χ4v) is 4.43. The van der Waals surface area contributed by atoms with Gasteiger partial charge in [0.15, 0.2) is 5.82 Å². The van der Waals surface area contributed by atoms with Crippen molar-refractivity contribution in [3.63, 3.8) is 0 Å². The number of rotatable bonds is 9. The number of anilines is 1. The predicted octanol–water partition coefficient (Wildman–Crippen LogP) is 4.02. The Hall–Kier alpha value is -4.21. The number of carboxylic acids is 1. The number of hydrogen-bond acceptors (Lipinski definition) is 7. The molecule has 4 heterocycles. The number of aromatic nitrogens is 4. The van der Waals surface area contributed by atoms with Crippen molar-refractivity contribution in [3.05, 3.63) is 71.4 Å². The van der Waals surface area contributed by atoms with Crippen LogP contribution in [0.1, 0.15) is 35.7 Å². The molecule has 0 saturated carbocycles. The molecule has 2 N–H and O–H groups in total. The quantitative estimate of drug-likeness (QED) is 0.361. The monoisotopic (exact) mass is 491 g/mol. The van der Waals surface area contributed by atoms with Gasteiger partial charge in [-0.15, -0.1) is 0 Å². The average Bonchev–Trinajstić information content (AvgIpc) is 3.30. The van der Waals surface area contributed by atoms with Crippen LogP contribution in [0.5, 0.6) is 11.6 Å². The van der Waals surface area contributed by atoms with E-state index in [2.05, 4.69) is 21.5 Å². The normalized spacial score (nSPS) is 13.6. The molecule has 0 aliphatic carbocycles. The Morgan fingerprint density at radius 2 is 2.14 bits per heavy atom. The van der Waals surface area contributed by atoms with E-state index in [1.165, 1.54) is 24.9 Å². The molecule has 0 radical (unpaired) electrons. The molecule has 3 aromatic heterocycles. The highest BCUT2D eigenvalue weighted by Crippen LogP contribution is 2.30. The lowest BCUT2D eigenvalue weighted by atomic mass is 10.1. The fraction of sp³-hybridized carbons (Fsp3) is 0.308. The molecular weight excluding hydrogens is 465 g/mol. The van der Waals surface area contributed by atoms with E-state index in [1.807, 2.05) is 24.3 Å². The van der Waals surface area contributed by atoms with E-state index in [4.69, 9.17) is 14.5 Å². The van der Waals surface area contributed by atoms with Crippen LogP contribution in [0, 0.1) is 5.82 Å². The summed E-state index contributed by atoms with van der Waals surface area (Å²) in [6, 6.07) is 10.1. The first-order valence-corrected chi connectivity index (χ1v) is 11.8. The van der Waals surface area contributed by atoms with Gasteiger partial charge in [-0.1, -0.05) is 6.07 Å². The van der Waals surface area contributed by atoms with Gasteiger partial charge in [0.25, 0.3) is 0 Å². The van der Waals surface area contributed by atoms with E-state index >= 15 is 0 Å². The van der Waals surface area contributed by atoms with E-state index in [0.29, 0.717) is 29.9 Å². The van der Waals surface area contributed by atoms with Crippen LogP contribution < -0.4 is 14.8 Å².